The number of anilines is 1. The number of hydrogen-bond donors (Lipinski definition) is 1. The molecule has 0 spiro atoms. The second kappa shape index (κ2) is 13.5. The van der Waals surface area contributed by atoms with Gasteiger partial charge in [-0.25, -0.2) is 12.7 Å². The topological polar surface area (TPSA) is 129 Å². The Hall–Kier alpha value is -4.09. The van der Waals surface area contributed by atoms with Gasteiger partial charge in [0.25, 0.3) is 15.9 Å². The van der Waals surface area contributed by atoms with Crippen LogP contribution in [-0.2, 0) is 25.2 Å². The zero-order chi connectivity index (χ0) is 37.0. The summed E-state index contributed by atoms with van der Waals surface area (Å²) in [5.74, 6) is -2.64. The molecule has 274 valence electrons. The molecule has 12 nitrogen and oxygen atoms in total. The molecule has 0 radical (unpaired) electrons. The average molecular weight is 753 g/mol. The lowest BCUT2D eigenvalue weighted by Crippen LogP contribution is -2.61. The number of hydrogen-bond acceptors (Lipinski definition) is 10. The molecule has 17 heteroatoms. The molecule has 3 aliphatic heterocycles. The molecule has 3 aromatic rings. The lowest BCUT2D eigenvalue weighted by molar-refractivity contribution is -0.275. The first-order valence-electron chi connectivity index (χ1n) is 15.9. The van der Waals surface area contributed by atoms with Crippen LogP contribution in [-0.4, -0.2) is 113 Å². The molecule has 1 N–H and O–H groups in total. The molecule has 3 aliphatic rings. The minimum atomic E-state index is -5.31. The Morgan fingerprint density at radius 3 is 2.31 bits per heavy atom. The highest BCUT2D eigenvalue weighted by Crippen LogP contribution is 2.55. The van der Waals surface area contributed by atoms with Crippen LogP contribution in [0.4, 0.5) is 18.9 Å². The lowest BCUT2D eigenvalue weighted by atomic mass is 9.80. The van der Waals surface area contributed by atoms with E-state index in [0.29, 0.717) is 36.0 Å². The number of ether oxygens (including phenoxy) is 3. The van der Waals surface area contributed by atoms with Crippen molar-refractivity contribution in [1.29, 1.82) is 0 Å². The number of benzene rings is 3. The van der Waals surface area contributed by atoms with E-state index in [2.05, 4.69) is 9.64 Å². The summed E-state index contributed by atoms with van der Waals surface area (Å²) < 4.78 is 85.7. The smallest absolute Gasteiger partial charge is 0.497 e. The number of sulfonamides is 1. The zero-order valence-corrected chi connectivity index (χ0v) is 29.7. The molecule has 0 aliphatic carbocycles. The van der Waals surface area contributed by atoms with Gasteiger partial charge in [-0.1, -0.05) is 23.2 Å². The minimum Gasteiger partial charge on any atom is -0.497 e. The van der Waals surface area contributed by atoms with Crippen molar-refractivity contribution in [3.63, 3.8) is 0 Å². The fourth-order valence-electron chi connectivity index (χ4n) is 7.17. The third-order valence-electron chi connectivity index (χ3n) is 9.51. The van der Waals surface area contributed by atoms with E-state index >= 15 is 4.79 Å². The Labute approximate surface area is 297 Å². The number of aryl methyl sites for hydroxylation is 1. The van der Waals surface area contributed by atoms with Crippen LogP contribution in [0.3, 0.4) is 0 Å². The molecule has 1 unspecified atom stereocenters. The van der Waals surface area contributed by atoms with Crippen LogP contribution in [0, 0.1) is 6.92 Å². The molecule has 3 heterocycles. The van der Waals surface area contributed by atoms with Gasteiger partial charge in [0.2, 0.25) is 5.91 Å². The van der Waals surface area contributed by atoms with Crippen molar-refractivity contribution in [2.24, 2.45) is 0 Å². The molecule has 6 rings (SSSR count). The highest BCUT2D eigenvalue weighted by atomic mass is 35.5. The Morgan fingerprint density at radius 2 is 1.67 bits per heavy atom. The number of β-amino-alcohol motifs (C(OH)–C–C–N with tert-alkyl or cyclic N) is 1. The highest BCUT2D eigenvalue weighted by Gasteiger charge is 2.64. The Morgan fingerprint density at radius 1 is 0.961 bits per heavy atom. The Balaban J connectivity index is 1.63. The van der Waals surface area contributed by atoms with Crippen LogP contribution >= 0.6 is 11.6 Å². The molecule has 0 bridgehead atoms. The van der Waals surface area contributed by atoms with Gasteiger partial charge in [0.15, 0.2) is 11.3 Å². The maximum Gasteiger partial charge on any atom is 0.573 e. The van der Waals surface area contributed by atoms with E-state index < -0.39 is 50.6 Å². The van der Waals surface area contributed by atoms with Crippen LogP contribution in [0.2, 0.25) is 5.02 Å². The number of carbonyl (C=O) groups excluding carboxylic acids is 2. The normalized spacial score (nSPS) is 23.0. The molecule has 3 atom stereocenters. The number of methoxy groups -OCH3 is 2. The van der Waals surface area contributed by atoms with Crippen molar-refractivity contribution in [1.82, 2.24) is 14.7 Å². The molecular weight excluding hydrogens is 717 g/mol. The van der Waals surface area contributed by atoms with Crippen molar-refractivity contribution in [3.05, 3.63) is 76.3 Å². The summed E-state index contributed by atoms with van der Waals surface area (Å²) in [6.45, 7) is 3.43. The van der Waals surface area contributed by atoms with Crippen molar-refractivity contribution < 1.29 is 50.5 Å². The number of aliphatic hydroxyl groups is 1. The van der Waals surface area contributed by atoms with E-state index in [-0.39, 0.29) is 52.2 Å². The number of nitrogens with zero attached hydrogens (tertiary/aromatic N) is 4. The monoisotopic (exact) mass is 752 g/mol. The third-order valence-corrected chi connectivity index (χ3v) is 11.5. The van der Waals surface area contributed by atoms with E-state index in [0.717, 1.165) is 18.2 Å². The average Bonchev–Trinajstić information content (AvgIpc) is 3.58. The van der Waals surface area contributed by atoms with Crippen LogP contribution in [0.15, 0.2) is 59.5 Å². The van der Waals surface area contributed by atoms with Crippen LogP contribution in [0.25, 0.3) is 0 Å². The van der Waals surface area contributed by atoms with Crippen molar-refractivity contribution in [3.8, 4) is 17.2 Å². The van der Waals surface area contributed by atoms with Gasteiger partial charge in [-0.2, -0.15) is 0 Å². The molecule has 2 fully saturated rings. The maximum atomic E-state index is 15.5. The van der Waals surface area contributed by atoms with Gasteiger partial charge < -0.3 is 29.1 Å². The largest absolute Gasteiger partial charge is 0.573 e. The third kappa shape index (κ3) is 6.37. The zero-order valence-electron chi connectivity index (χ0n) is 28.1. The van der Waals surface area contributed by atoms with Gasteiger partial charge in [0.05, 0.1) is 32.1 Å². The minimum absolute atomic E-state index is 0.0181. The molecule has 2 amide bonds. The summed E-state index contributed by atoms with van der Waals surface area (Å²) in [7, 11) is -0.766. The second-order valence-electron chi connectivity index (χ2n) is 12.7. The van der Waals surface area contributed by atoms with Crippen LogP contribution in [0.5, 0.6) is 17.2 Å². The second-order valence-corrected chi connectivity index (χ2v) is 14.9. The summed E-state index contributed by atoms with van der Waals surface area (Å²) in [6, 6.07) is 10.5. The maximum absolute atomic E-state index is 15.5. The van der Waals surface area contributed by atoms with Gasteiger partial charge in [-0.05, 0) is 62.9 Å². The first-order valence-corrected chi connectivity index (χ1v) is 17.8. The number of rotatable bonds is 8. The number of halogens is 4. The summed E-state index contributed by atoms with van der Waals surface area (Å²) >= 11 is 6.55. The fourth-order valence-corrected chi connectivity index (χ4v) is 8.90. The highest BCUT2D eigenvalue weighted by molar-refractivity contribution is 7.93. The van der Waals surface area contributed by atoms with E-state index in [1.54, 1.807) is 30.0 Å². The van der Waals surface area contributed by atoms with Gasteiger partial charge >= 0.3 is 6.36 Å². The number of alkyl halides is 3. The van der Waals surface area contributed by atoms with E-state index in [4.69, 9.17) is 21.1 Å². The molecule has 0 aromatic heterocycles. The SMILES string of the molecule is COc1ccc(S(=O)(=O)N2C(=O)C(c3cc(C)ccc3OC)(N3C[C@H](O)C[C@H]3C(=O)N3CCN(C)CC3)c3cc(Cl)ccc32)c(OC(F)(F)F)c1. The molecule has 51 heavy (non-hydrogen) atoms. The first-order chi connectivity index (χ1) is 24.0. The standard InChI is InChI=1S/C34H36ClF3N4O8S/c1-20-5-9-28(49-4)25(15-20)33(41-19-22(43)17-27(41)31(44)40-13-11-39(2)12-14-40)24-16-21(35)6-8-26(24)42(32(33)45)51(46,47)30-10-7-23(48-3)18-29(30)50-34(36,37)38/h5-10,15-16,18,22,27,43H,11-14,17,19H2,1-4H3/t22-,27+,33?/m1/s1. The number of likely N-dealkylation sites (tertiary alicyclic amines) is 1. The van der Waals surface area contributed by atoms with E-state index in [9.17, 15) is 31.5 Å². The van der Waals surface area contributed by atoms with Crippen molar-refractivity contribution in [2.45, 2.75) is 42.3 Å². The van der Waals surface area contributed by atoms with E-state index in [1.807, 2.05) is 7.05 Å². The summed E-state index contributed by atoms with van der Waals surface area (Å²) in [5, 5.41) is 11.3. The van der Waals surface area contributed by atoms with Gasteiger partial charge in [0.1, 0.15) is 16.4 Å². The summed E-state index contributed by atoms with van der Waals surface area (Å²) in [6.07, 6.45) is -6.51. The summed E-state index contributed by atoms with van der Waals surface area (Å²) in [4.78, 5) is 34.1. The number of aliphatic hydroxyl groups excluding tert-OH is 1. The lowest BCUT2D eigenvalue weighted by Gasteiger charge is -2.43. The van der Waals surface area contributed by atoms with Crippen molar-refractivity contribution in [2.75, 3.05) is 58.3 Å². The van der Waals surface area contributed by atoms with Crippen LogP contribution in [0.1, 0.15) is 23.1 Å². The van der Waals surface area contributed by atoms with E-state index in [1.165, 1.54) is 37.3 Å². The predicted octanol–water partition coefficient (Wildman–Crippen LogP) is 3.75. The van der Waals surface area contributed by atoms with Gasteiger partial charge in [0, 0.05) is 54.9 Å². The molecule has 0 saturated carbocycles. The number of likely N-dealkylation sites (N-methyl/N-ethyl adjacent to an activating group) is 1. The van der Waals surface area contributed by atoms with Gasteiger partial charge in [-0.15, -0.1) is 13.2 Å². The number of amides is 2. The number of carbonyl (C=O) groups is 2. The molecule has 3 aromatic carbocycles. The quantitative estimate of drug-likeness (QED) is 0.364. The Kier molecular flexibility index (Phi) is 9.69. The molecular formula is C34H36ClF3N4O8S. The van der Waals surface area contributed by atoms with Crippen LogP contribution < -0.4 is 18.5 Å². The Bertz CT molecular complexity index is 1970. The summed E-state index contributed by atoms with van der Waals surface area (Å²) in [5.41, 5.74) is -1.62. The number of fused-ring (bicyclic) bond motifs is 1. The fraction of sp³-hybridized carbons (Fsp3) is 0.412. The van der Waals surface area contributed by atoms with Crippen molar-refractivity contribution >= 4 is 39.1 Å². The predicted molar refractivity (Wildman–Crippen MR) is 180 cm³/mol. The number of piperazine rings is 1. The van der Waals surface area contributed by atoms with Gasteiger partial charge in [-0.3, -0.25) is 14.5 Å². The molecule has 2 saturated heterocycles. The first kappa shape index (κ1) is 36.7.